The second kappa shape index (κ2) is 7.91. The number of ether oxygens (including phenoxy) is 1. The van der Waals surface area contributed by atoms with Crippen LogP contribution in [0.25, 0.3) is 0 Å². The molecule has 0 unspecified atom stereocenters. The van der Waals surface area contributed by atoms with Gasteiger partial charge in [0.25, 0.3) is 0 Å². The van der Waals surface area contributed by atoms with Crippen LogP contribution in [-0.2, 0) is 9.53 Å². The molecule has 110 valence electrons. The lowest BCUT2D eigenvalue weighted by molar-refractivity contribution is -0.117. The van der Waals surface area contributed by atoms with Crippen LogP contribution in [0.1, 0.15) is 22.3 Å². The molecule has 0 heterocycles. The number of hydrogen-bond acceptors (Lipinski definition) is 5. The van der Waals surface area contributed by atoms with Crippen molar-refractivity contribution in [2.45, 2.75) is 19.4 Å². The number of rotatable bonds is 6. The van der Waals surface area contributed by atoms with Gasteiger partial charge in [-0.3, -0.25) is 4.79 Å². The van der Waals surface area contributed by atoms with Crippen molar-refractivity contribution in [2.75, 3.05) is 24.4 Å². The van der Waals surface area contributed by atoms with E-state index in [4.69, 9.17) is 5.73 Å². The van der Waals surface area contributed by atoms with Crippen LogP contribution >= 0.6 is 11.8 Å². The number of esters is 1. The minimum absolute atomic E-state index is 0.246. The third-order valence-electron chi connectivity index (χ3n) is 2.89. The van der Waals surface area contributed by atoms with Gasteiger partial charge >= 0.3 is 5.97 Å². The summed E-state index contributed by atoms with van der Waals surface area (Å²) in [6, 6.07) is 4.46. The predicted octanol–water partition coefficient (Wildman–Crippen LogP) is 1.80. The highest BCUT2D eigenvalue weighted by atomic mass is 32.2. The second-order valence-corrected chi connectivity index (χ2v) is 5.38. The number of hydrogen-bond donors (Lipinski definition) is 2. The van der Waals surface area contributed by atoms with E-state index < -0.39 is 12.0 Å². The Kier molecular flexibility index (Phi) is 6.54. The van der Waals surface area contributed by atoms with E-state index in [2.05, 4.69) is 10.1 Å². The standard InChI is InChI=1S/C14H20N2O3S/c1-9-4-5-10(14(18)19-2)8-12(9)16-13(17)11(15)6-7-20-3/h4-5,8,11H,6-7,15H2,1-3H3,(H,16,17)/t11-/m1/s1. The summed E-state index contributed by atoms with van der Waals surface area (Å²) in [5, 5.41) is 2.76. The third-order valence-corrected chi connectivity index (χ3v) is 3.53. The lowest BCUT2D eigenvalue weighted by Crippen LogP contribution is -2.36. The van der Waals surface area contributed by atoms with Crippen LogP contribution in [0.4, 0.5) is 5.69 Å². The average Bonchev–Trinajstić information content (AvgIpc) is 2.45. The maximum atomic E-state index is 12.0. The van der Waals surface area contributed by atoms with Gasteiger partial charge < -0.3 is 15.8 Å². The molecule has 0 aliphatic heterocycles. The molecule has 0 radical (unpaired) electrons. The van der Waals surface area contributed by atoms with Crippen LogP contribution in [-0.4, -0.2) is 37.0 Å². The number of methoxy groups -OCH3 is 1. The number of nitrogens with one attached hydrogen (secondary N) is 1. The zero-order chi connectivity index (χ0) is 15.1. The van der Waals surface area contributed by atoms with Gasteiger partial charge in [-0.25, -0.2) is 4.79 Å². The molecular weight excluding hydrogens is 276 g/mol. The molecule has 6 heteroatoms. The Hall–Kier alpha value is -1.53. The van der Waals surface area contributed by atoms with Crippen LogP contribution in [0.15, 0.2) is 18.2 Å². The maximum absolute atomic E-state index is 12.0. The van der Waals surface area contributed by atoms with Crippen molar-refractivity contribution in [1.29, 1.82) is 0 Å². The zero-order valence-electron chi connectivity index (χ0n) is 11.9. The summed E-state index contributed by atoms with van der Waals surface area (Å²) >= 11 is 1.64. The van der Waals surface area contributed by atoms with Crippen molar-refractivity contribution in [3.63, 3.8) is 0 Å². The van der Waals surface area contributed by atoms with Crippen LogP contribution in [0.3, 0.4) is 0 Å². The Morgan fingerprint density at radius 3 is 2.75 bits per heavy atom. The lowest BCUT2D eigenvalue weighted by atomic mass is 10.1. The molecule has 20 heavy (non-hydrogen) atoms. The average molecular weight is 296 g/mol. The number of anilines is 1. The molecule has 0 spiro atoms. The van der Waals surface area contributed by atoms with Crippen molar-refractivity contribution in [3.05, 3.63) is 29.3 Å². The third kappa shape index (κ3) is 4.54. The van der Waals surface area contributed by atoms with Crippen LogP contribution in [0, 0.1) is 6.92 Å². The number of carbonyl (C=O) groups is 2. The number of thioether (sulfide) groups is 1. The molecule has 0 saturated carbocycles. The Labute approximate surface area is 123 Å². The first-order chi connectivity index (χ1) is 9.49. The van der Waals surface area contributed by atoms with Gasteiger partial charge in [0, 0.05) is 5.69 Å². The van der Waals surface area contributed by atoms with E-state index in [0.29, 0.717) is 17.7 Å². The molecule has 5 nitrogen and oxygen atoms in total. The summed E-state index contributed by atoms with van der Waals surface area (Å²) < 4.78 is 4.66. The number of benzene rings is 1. The Morgan fingerprint density at radius 2 is 2.15 bits per heavy atom. The fourth-order valence-corrected chi connectivity index (χ4v) is 2.09. The predicted molar refractivity (Wildman–Crippen MR) is 82.1 cm³/mol. The van der Waals surface area contributed by atoms with Gasteiger partial charge in [-0.2, -0.15) is 11.8 Å². The fourth-order valence-electron chi connectivity index (χ4n) is 1.60. The Bertz CT molecular complexity index is 491. The fraction of sp³-hybridized carbons (Fsp3) is 0.429. The molecule has 0 saturated heterocycles. The summed E-state index contributed by atoms with van der Waals surface area (Å²) in [6.45, 7) is 1.85. The van der Waals surface area contributed by atoms with Crippen molar-refractivity contribution < 1.29 is 14.3 Å². The molecular formula is C14H20N2O3S. The van der Waals surface area contributed by atoms with Gasteiger partial charge in [0.2, 0.25) is 5.91 Å². The van der Waals surface area contributed by atoms with Crippen molar-refractivity contribution >= 4 is 29.3 Å². The molecule has 0 aliphatic rings. The minimum atomic E-state index is -0.552. The van der Waals surface area contributed by atoms with Crippen molar-refractivity contribution in [2.24, 2.45) is 5.73 Å². The molecule has 1 rings (SSSR count). The first-order valence-corrected chi connectivity index (χ1v) is 7.63. The normalized spacial score (nSPS) is 11.8. The quantitative estimate of drug-likeness (QED) is 0.782. The minimum Gasteiger partial charge on any atom is -0.465 e. The van der Waals surface area contributed by atoms with E-state index in [9.17, 15) is 9.59 Å². The first-order valence-electron chi connectivity index (χ1n) is 6.24. The van der Waals surface area contributed by atoms with Gasteiger partial charge in [-0.05, 0) is 43.0 Å². The smallest absolute Gasteiger partial charge is 0.337 e. The van der Waals surface area contributed by atoms with Gasteiger partial charge in [0.15, 0.2) is 0 Å². The number of nitrogens with two attached hydrogens (primary N) is 1. The highest BCUT2D eigenvalue weighted by molar-refractivity contribution is 7.98. The van der Waals surface area contributed by atoms with Gasteiger partial charge in [-0.15, -0.1) is 0 Å². The van der Waals surface area contributed by atoms with E-state index in [1.165, 1.54) is 7.11 Å². The van der Waals surface area contributed by atoms with Gasteiger partial charge in [0.1, 0.15) is 0 Å². The summed E-state index contributed by atoms with van der Waals surface area (Å²) in [7, 11) is 1.32. The monoisotopic (exact) mass is 296 g/mol. The Balaban J connectivity index is 2.80. The topological polar surface area (TPSA) is 81.4 Å². The number of amides is 1. The molecule has 0 aliphatic carbocycles. The van der Waals surface area contributed by atoms with E-state index in [1.54, 1.807) is 30.0 Å². The van der Waals surface area contributed by atoms with E-state index in [-0.39, 0.29) is 5.91 Å². The molecule has 1 aromatic carbocycles. The molecule has 0 fully saturated rings. The van der Waals surface area contributed by atoms with Gasteiger partial charge in [-0.1, -0.05) is 6.07 Å². The van der Waals surface area contributed by atoms with Crippen molar-refractivity contribution in [3.8, 4) is 0 Å². The molecule has 0 bridgehead atoms. The van der Waals surface area contributed by atoms with E-state index in [1.807, 2.05) is 13.2 Å². The Morgan fingerprint density at radius 1 is 1.45 bits per heavy atom. The lowest BCUT2D eigenvalue weighted by Gasteiger charge is -2.14. The maximum Gasteiger partial charge on any atom is 0.337 e. The van der Waals surface area contributed by atoms with Crippen molar-refractivity contribution in [1.82, 2.24) is 0 Å². The highest BCUT2D eigenvalue weighted by Crippen LogP contribution is 2.18. The SMILES string of the molecule is COC(=O)c1ccc(C)c(NC(=O)[C@H](N)CCSC)c1. The molecule has 1 amide bonds. The van der Waals surface area contributed by atoms with Crippen LogP contribution in [0.2, 0.25) is 0 Å². The highest BCUT2D eigenvalue weighted by Gasteiger charge is 2.15. The van der Waals surface area contributed by atoms with E-state index >= 15 is 0 Å². The largest absolute Gasteiger partial charge is 0.465 e. The molecule has 3 N–H and O–H groups in total. The summed E-state index contributed by atoms with van der Waals surface area (Å²) in [5.74, 6) is 0.145. The first kappa shape index (κ1) is 16.5. The van der Waals surface area contributed by atoms with Crippen LogP contribution in [0.5, 0.6) is 0 Å². The summed E-state index contributed by atoms with van der Waals surface area (Å²) in [5.41, 5.74) is 7.65. The summed E-state index contributed by atoms with van der Waals surface area (Å²) in [6.07, 6.45) is 2.58. The second-order valence-electron chi connectivity index (χ2n) is 4.40. The van der Waals surface area contributed by atoms with Crippen LogP contribution < -0.4 is 11.1 Å². The van der Waals surface area contributed by atoms with Gasteiger partial charge in [0.05, 0.1) is 18.7 Å². The zero-order valence-corrected chi connectivity index (χ0v) is 12.8. The number of aryl methyl sites for hydroxylation is 1. The molecule has 1 atom stereocenters. The summed E-state index contributed by atoms with van der Waals surface area (Å²) in [4.78, 5) is 23.4. The molecule has 0 aromatic heterocycles. The number of carbonyl (C=O) groups excluding carboxylic acids is 2. The molecule has 1 aromatic rings. The van der Waals surface area contributed by atoms with E-state index in [0.717, 1.165) is 11.3 Å².